The second-order valence-corrected chi connectivity index (χ2v) is 10.6. The molecule has 0 aliphatic heterocycles. The van der Waals surface area contributed by atoms with Crippen LogP contribution in [0.2, 0.25) is 0 Å². The molecule has 4 rings (SSSR count). The van der Waals surface area contributed by atoms with Crippen LogP contribution in [0.15, 0.2) is 48.9 Å². The van der Waals surface area contributed by atoms with Crippen LogP contribution in [0.25, 0.3) is 0 Å². The number of carbonyl (C=O) groups excluding carboxylic acids is 2. The highest BCUT2D eigenvalue weighted by Crippen LogP contribution is 2.33. The quantitative estimate of drug-likeness (QED) is 0.118. The number of carbonyl (C=O) groups is 2. The minimum atomic E-state index is -4.97. The first-order chi connectivity index (χ1) is 21.2. The minimum absolute atomic E-state index is 0.00867. The lowest BCUT2D eigenvalue weighted by Gasteiger charge is -2.11. The van der Waals surface area contributed by atoms with E-state index in [1.165, 1.54) is 29.3 Å². The maximum Gasteiger partial charge on any atom is 0.573 e. The van der Waals surface area contributed by atoms with Crippen molar-refractivity contribution in [1.29, 1.82) is 0 Å². The Morgan fingerprint density at radius 2 is 1.58 bits per heavy atom. The van der Waals surface area contributed by atoms with Gasteiger partial charge in [0.15, 0.2) is 11.4 Å². The highest BCUT2D eigenvalue weighted by molar-refractivity contribution is 14.1. The topological polar surface area (TPSA) is 142 Å². The number of amides is 2. The summed E-state index contributed by atoms with van der Waals surface area (Å²) in [6, 6.07) is 4.89. The molecular weight excluding hydrogens is 734 g/mol. The minimum Gasteiger partial charge on any atom is -0.406 e. The number of aromatic nitrogens is 7. The molecule has 0 radical (unpaired) electrons. The molecule has 3 aromatic heterocycles. The number of ether oxygens (including phenoxy) is 1. The van der Waals surface area contributed by atoms with Gasteiger partial charge in [-0.05, 0) is 29.8 Å². The lowest BCUT2D eigenvalue weighted by molar-refractivity contribution is -0.274. The summed E-state index contributed by atoms with van der Waals surface area (Å²) in [5, 5.41) is 19.6. The van der Waals surface area contributed by atoms with Crippen LogP contribution in [0, 0.1) is 5.82 Å². The molecule has 4 aromatic rings. The lowest BCUT2D eigenvalue weighted by atomic mass is 10.2. The van der Waals surface area contributed by atoms with Gasteiger partial charge >= 0.3 is 10.3 Å². The first kappa shape index (κ1) is 33.5. The number of halogens is 8. The molecule has 3 heterocycles. The highest BCUT2D eigenvalue weighted by atomic mass is 127. The van der Waals surface area contributed by atoms with Gasteiger partial charge in [-0.2, -0.15) is 8.78 Å². The van der Waals surface area contributed by atoms with Crippen molar-refractivity contribution in [3.05, 3.63) is 82.9 Å². The van der Waals surface area contributed by atoms with Gasteiger partial charge in [-0.15, -0.1) is 23.4 Å². The number of nitrogens with one attached hydrogen (secondary N) is 2. The van der Waals surface area contributed by atoms with Crippen molar-refractivity contribution >= 4 is 34.4 Å². The van der Waals surface area contributed by atoms with Crippen molar-refractivity contribution in [2.75, 3.05) is 0 Å². The van der Waals surface area contributed by atoms with E-state index < -0.39 is 52.1 Å². The van der Waals surface area contributed by atoms with E-state index in [-0.39, 0.29) is 43.0 Å². The van der Waals surface area contributed by atoms with Gasteiger partial charge < -0.3 is 15.4 Å². The number of alkyl halides is 7. The zero-order chi connectivity index (χ0) is 32.8. The second-order valence-electron chi connectivity index (χ2n) is 9.29. The number of aryl methyl sites for hydroxylation is 1. The summed E-state index contributed by atoms with van der Waals surface area (Å²) in [4.78, 5) is 28.4. The maximum absolute atomic E-state index is 14.6. The summed E-state index contributed by atoms with van der Waals surface area (Å²) < 4.78 is 95.2. The Hall–Kier alpha value is -4.37. The molecule has 0 bridgehead atoms. The van der Waals surface area contributed by atoms with Gasteiger partial charge in [0.05, 0.1) is 18.9 Å². The summed E-state index contributed by atoms with van der Waals surface area (Å²) >= 11 is 0.957. The van der Waals surface area contributed by atoms with Gasteiger partial charge in [-0.25, -0.2) is 13.5 Å². The molecule has 1 atom stereocenters. The predicted octanol–water partition coefficient (Wildman–Crippen LogP) is 4.08. The van der Waals surface area contributed by atoms with Crippen LogP contribution in [0.1, 0.15) is 44.2 Å². The second kappa shape index (κ2) is 14.2. The smallest absolute Gasteiger partial charge is 0.406 e. The summed E-state index contributed by atoms with van der Waals surface area (Å²) in [6.07, 6.45) is -2.90. The zero-order valence-electron chi connectivity index (χ0n) is 22.6. The van der Waals surface area contributed by atoms with Crippen LogP contribution in [0.4, 0.5) is 30.7 Å². The average Bonchev–Trinajstić information content (AvgIpc) is 3.64. The largest absolute Gasteiger partial charge is 0.573 e. The lowest BCUT2D eigenvalue weighted by Crippen LogP contribution is -2.24. The predicted molar refractivity (Wildman–Crippen MR) is 147 cm³/mol. The van der Waals surface area contributed by atoms with Gasteiger partial charge in [0.2, 0.25) is 0 Å². The number of nitrogens with zero attached hydrogens (tertiary/aromatic N) is 7. The fourth-order valence-corrected chi connectivity index (χ4v) is 4.01. The van der Waals surface area contributed by atoms with Crippen molar-refractivity contribution in [1.82, 2.24) is 45.6 Å². The van der Waals surface area contributed by atoms with Crippen LogP contribution < -0.4 is 15.4 Å². The van der Waals surface area contributed by atoms with Gasteiger partial charge in [0, 0.05) is 60.4 Å². The van der Waals surface area contributed by atoms with Crippen LogP contribution >= 0.6 is 22.6 Å². The standard InChI is InChI=1S/C25H21F7IN9O3/c26-16(11-42-13-20(38-40-42)22(43)35-9-14-1-4-21(34-8-14)24(28,29)33)5-6-41-12-19(37-39-41)23(44)36-10-15-7-17(2-3-18(15)27)45-25(30,31)32/h1-4,7-8,12-13,16H,5-6,9-11H2,(H,35,43)(H,36,44). The van der Waals surface area contributed by atoms with Gasteiger partial charge in [0.25, 0.3) is 11.8 Å². The molecule has 1 aromatic carbocycles. The Bertz CT molecular complexity index is 1630. The van der Waals surface area contributed by atoms with E-state index in [4.69, 9.17) is 0 Å². The van der Waals surface area contributed by atoms with E-state index in [1.807, 2.05) is 0 Å². The van der Waals surface area contributed by atoms with E-state index in [0.717, 1.165) is 51.5 Å². The molecule has 2 N–H and O–H groups in total. The number of hydrogen-bond acceptors (Lipinski definition) is 8. The molecule has 45 heavy (non-hydrogen) atoms. The monoisotopic (exact) mass is 755 g/mol. The van der Waals surface area contributed by atoms with E-state index in [2.05, 4.69) is 41.0 Å². The van der Waals surface area contributed by atoms with E-state index in [1.54, 1.807) is 0 Å². The third-order valence-electron chi connectivity index (χ3n) is 5.86. The molecule has 240 valence electrons. The Kier molecular flexibility index (Phi) is 10.5. The molecular formula is C25H21F7IN9O3. The number of hydrogen-bond donors (Lipinski definition) is 2. The Morgan fingerprint density at radius 3 is 2.20 bits per heavy atom. The van der Waals surface area contributed by atoms with Gasteiger partial charge in [0.1, 0.15) is 23.4 Å². The zero-order valence-corrected chi connectivity index (χ0v) is 24.8. The molecule has 0 saturated carbocycles. The first-order valence-electron chi connectivity index (χ1n) is 12.7. The van der Waals surface area contributed by atoms with Crippen LogP contribution in [0.3, 0.4) is 0 Å². The number of rotatable bonds is 13. The first-order valence-corrected chi connectivity index (χ1v) is 13.8. The van der Waals surface area contributed by atoms with Crippen molar-refractivity contribution < 1.29 is 45.1 Å². The fraction of sp³-hybridized carbons (Fsp3) is 0.320. The number of pyridine rings is 1. The van der Waals surface area contributed by atoms with Crippen molar-refractivity contribution in [2.24, 2.45) is 0 Å². The van der Waals surface area contributed by atoms with Gasteiger partial charge in [-0.3, -0.25) is 19.3 Å². The average molecular weight is 755 g/mol. The number of benzene rings is 1. The Labute approximate surface area is 262 Å². The van der Waals surface area contributed by atoms with E-state index >= 15 is 0 Å². The SMILES string of the molecule is O=C(NCc1cc(OC(F)(F)F)ccc1F)c1cn(CCC(F)Cn2cc(C(=O)NCc3ccc(C(F)(F)I)nc3)nn2)nn1. The van der Waals surface area contributed by atoms with Gasteiger partial charge in [-0.1, -0.05) is 16.5 Å². The Morgan fingerprint density at radius 1 is 0.933 bits per heavy atom. The molecule has 0 fully saturated rings. The van der Waals surface area contributed by atoms with E-state index in [9.17, 15) is 40.3 Å². The third kappa shape index (κ3) is 10.1. The summed E-state index contributed by atoms with van der Waals surface area (Å²) in [7, 11) is 0. The normalized spacial score (nSPS) is 12.5. The molecule has 0 aliphatic carbocycles. The summed E-state index contributed by atoms with van der Waals surface area (Å²) in [5.41, 5.74) is -0.515. The molecule has 0 spiro atoms. The maximum atomic E-state index is 14.6. The highest BCUT2D eigenvalue weighted by Gasteiger charge is 2.31. The molecule has 0 saturated heterocycles. The fourth-order valence-electron chi connectivity index (χ4n) is 3.69. The van der Waals surface area contributed by atoms with Crippen molar-refractivity contribution in [3.8, 4) is 5.75 Å². The molecule has 0 aliphatic rings. The van der Waals surface area contributed by atoms with Crippen LogP contribution in [-0.4, -0.2) is 59.3 Å². The van der Waals surface area contributed by atoms with Crippen LogP contribution in [-0.2, 0) is 30.1 Å². The van der Waals surface area contributed by atoms with E-state index in [0.29, 0.717) is 5.56 Å². The summed E-state index contributed by atoms with van der Waals surface area (Å²) in [5.74, 6) is -2.95. The van der Waals surface area contributed by atoms with Crippen LogP contribution in [0.5, 0.6) is 5.75 Å². The summed E-state index contributed by atoms with van der Waals surface area (Å²) in [6.45, 7) is -0.760. The molecule has 2 amide bonds. The third-order valence-corrected chi connectivity index (χ3v) is 6.41. The molecule has 12 nitrogen and oxygen atoms in total. The van der Waals surface area contributed by atoms with Crippen molar-refractivity contribution in [3.63, 3.8) is 0 Å². The molecule has 1 unspecified atom stereocenters. The Balaban J connectivity index is 1.21. The molecule has 20 heteroatoms. The van der Waals surface area contributed by atoms with Crippen molar-refractivity contribution in [2.45, 2.75) is 49.1 Å².